The molecule has 5 atom stereocenters. The zero-order valence-electron chi connectivity index (χ0n) is 18.5. The van der Waals surface area contributed by atoms with Crippen molar-refractivity contribution in [2.45, 2.75) is 44.8 Å². The number of benzene rings is 2. The molecule has 0 amide bonds. The maximum atomic E-state index is 11.2. The summed E-state index contributed by atoms with van der Waals surface area (Å²) in [5.74, 6) is 1.44. The molecule has 2 fully saturated rings. The van der Waals surface area contributed by atoms with E-state index in [0.717, 1.165) is 32.4 Å². The summed E-state index contributed by atoms with van der Waals surface area (Å²) in [6.45, 7) is 6.96. The van der Waals surface area contributed by atoms with E-state index in [1.807, 2.05) is 0 Å². The molecule has 0 spiro atoms. The van der Waals surface area contributed by atoms with Crippen molar-refractivity contribution in [1.29, 1.82) is 0 Å². The van der Waals surface area contributed by atoms with Crippen LogP contribution in [0.5, 0.6) is 0 Å². The first-order valence-corrected chi connectivity index (χ1v) is 11.8. The molecule has 2 N–H and O–H groups in total. The van der Waals surface area contributed by atoms with Gasteiger partial charge in [-0.2, -0.15) is 0 Å². The quantitative estimate of drug-likeness (QED) is 0.565. The highest BCUT2D eigenvalue weighted by Crippen LogP contribution is 2.53. The van der Waals surface area contributed by atoms with Crippen molar-refractivity contribution in [3.05, 3.63) is 77.0 Å². The summed E-state index contributed by atoms with van der Waals surface area (Å²) in [6.07, 6.45) is 5.14. The van der Waals surface area contributed by atoms with Gasteiger partial charge in [-0.1, -0.05) is 61.5 Å². The van der Waals surface area contributed by atoms with Gasteiger partial charge in [0.15, 0.2) is 0 Å². The Morgan fingerprint density at radius 3 is 2.71 bits per heavy atom. The van der Waals surface area contributed by atoms with Crippen molar-refractivity contribution in [2.75, 3.05) is 13.1 Å². The number of nitrogens with one attached hydrogen (secondary N) is 1. The maximum Gasteiger partial charge on any atom is 0.0781 e. The van der Waals surface area contributed by atoms with Crippen LogP contribution in [0.4, 0.5) is 0 Å². The lowest BCUT2D eigenvalue weighted by Gasteiger charge is -2.56. The molecule has 3 aromatic rings. The Morgan fingerprint density at radius 1 is 1.10 bits per heavy atom. The Labute approximate surface area is 184 Å². The highest BCUT2D eigenvalue weighted by molar-refractivity contribution is 5.85. The summed E-state index contributed by atoms with van der Waals surface area (Å²) in [6, 6.07) is 19.2. The minimum atomic E-state index is -0.345. The van der Waals surface area contributed by atoms with Crippen LogP contribution in [0, 0.1) is 17.8 Å². The third-order valence-electron chi connectivity index (χ3n) is 8.58. The van der Waals surface area contributed by atoms with Gasteiger partial charge in [0.05, 0.1) is 11.6 Å². The fraction of sp³-hybridized carbons (Fsp3) is 0.429. The van der Waals surface area contributed by atoms with Crippen LogP contribution in [0.3, 0.4) is 0 Å². The number of nitrogens with zero attached hydrogens (tertiary/aromatic N) is 1. The Hall–Kier alpha value is -2.36. The molecule has 0 radical (unpaired) electrons. The molecule has 31 heavy (non-hydrogen) atoms. The molecule has 3 aliphatic rings. The summed E-state index contributed by atoms with van der Waals surface area (Å²) in [4.78, 5) is 6.54. The molecule has 3 nitrogen and oxygen atoms in total. The number of rotatable bonds is 1. The fourth-order valence-corrected chi connectivity index (χ4v) is 6.87. The Balaban J connectivity index is 1.35. The molecule has 2 aliphatic heterocycles. The van der Waals surface area contributed by atoms with Crippen molar-refractivity contribution < 1.29 is 5.11 Å². The van der Waals surface area contributed by atoms with Crippen molar-refractivity contribution in [2.24, 2.45) is 17.8 Å². The summed E-state index contributed by atoms with van der Waals surface area (Å²) in [5, 5.41) is 12.6. The second-order valence-corrected chi connectivity index (χ2v) is 10.3. The number of piperidine rings is 1. The first kappa shape index (κ1) is 19.3. The van der Waals surface area contributed by atoms with Crippen LogP contribution in [-0.4, -0.2) is 34.2 Å². The number of aromatic amines is 1. The summed E-state index contributed by atoms with van der Waals surface area (Å²) in [5.41, 5.74) is 6.65. The largest absolute Gasteiger partial charge is 0.388 e. The lowest BCUT2D eigenvalue weighted by atomic mass is 9.61. The Kier molecular flexibility index (Phi) is 4.42. The minimum absolute atomic E-state index is 0.0302. The first-order chi connectivity index (χ1) is 15.0. The highest BCUT2D eigenvalue weighted by atomic mass is 16.3. The molecule has 2 aromatic carbocycles. The third kappa shape index (κ3) is 2.94. The van der Waals surface area contributed by atoms with E-state index >= 15 is 0 Å². The Morgan fingerprint density at radius 2 is 1.87 bits per heavy atom. The molecule has 0 bridgehead atoms. The van der Waals surface area contributed by atoms with Crippen LogP contribution in [-0.2, 0) is 12.0 Å². The monoisotopic (exact) mass is 412 g/mol. The standard InChI is InChI=1S/C28H32N2O/c1-18-24-16-28(2)27-23(22-10-6-7-11-25(22)29-27)12-13-30(28)17-21(24)15-20(26(18)31)14-19-8-4-3-5-9-19/h3-11,14,18,21,24,26,29,31H,12-13,15-17H2,1-2H3/b20-14+/t18?,21?,24?,26-,28-/m0/s1. The second kappa shape index (κ2) is 7.08. The van der Waals surface area contributed by atoms with Gasteiger partial charge in [0.2, 0.25) is 0 Å². The fourth-order valence-electron chi connectivity index (χ4n) is 6.87. The van der Waals surface area contributed by atoms with E-state index in [2.05, 4.69) is 84.4 Å². The number of para-hydroxylation sites is 1. The SMILES string of the molecule is CC1C2C[C@@]3(C)c4[nH]c5ccccc5c4CCN3CC2C/C(=C\c2ccccc2)[C@H]1O. The van der Waals surface area contributed by atoms with E-state index in [1.165, 1.54) is 33.3 Å². The predicted octanol–water partition coefficient (Wildman–Crippen LogP) is 5.36. The van der Waals surface area contributed by atoms with E-state index in [1.54, 1.807) is 0 Å². The molecule has 1 saturated carbocycles. The molecular formula is C28H32N2O. The second-order valence-electron chi connectivity index (χ2n) is 10.3. The molecule has 1 aliphatic carbocycles. The van der Waals surface area contributed by atoms with Gasteiger partial charge in [0.25, 0.3) is 0 Å². The van der Waals surface area contributed by atoms with Crippen molar-refractivity contribution in [3.63, 3.8) is 0 Å². The number of fused-ring (bicyclic) bond motifs is 6. The third-order valence-corrected chi connectivity index (χ3v) is 8.58. The van der Waals surface area contributed by atoms with Crippen molar-refractivity contribution in [3.8, 4) is 0 Å². The van der Waals surface area contributed by atoms with Crippen LogP contribution in [0.1, 0.15) is 43.5 Å². The normalized spacial score (nSPS) is 34.4. The average molecular weight is 413 g/mol. The van der Waals surface area contributed by atoms with Crippen LogP contribution in [0.15, 0.2) is 60.2 Å². The van der Waals surface area contributed by atoms with Crippen LogP contribution in [0.25, 0.3) is 17.0 Å². The highest BCUT2D eigenvalue weighted by Gasteiger charge is 2.52. The smallest absolute Gasteiger partial charge is 0.0781 e. The van der Waals surface area contributed by atoms with Crippen molar-refractivity contribution >= 4 is 17.0 Å². The molecule has 1 saturated heterocycles. The first-order valence-electron chi connectivity index (χ1n) is 11.8. The number of aromatic nitrogens is 1. The topological polar surface area (TPSA) is 39.3 Å². The van der Waals surface area contributed by atoms with E-state index in [4.69, 9.17) is 0 Å². The van der Waals surface area contributed by atoms with Crippen LogP contribution in [0.2, 0.25) is 0 Å². The number of H-pyrrole nitrogens is 1. The molecular weight excluding hydrogens is 380 g/mol. The maximum absolute atomic E-state index is 11.2. The van der Waals surface area contributed by atoms with E-state index < -0.39 is 0 Å². The minimum Gasteiger partial charge on any atom is -0.388 e. The van der Waals surface area contributed by atoms with Gasteiger partial charge in [-0.3, -0.25) is 4.90 Å². The molecule has 160 valence electrons. The van der Waals surface area contributed by atoms with Crippen molar-refractivity contribution in [1.82, 2.24) is 9.88 Å². The van der Waals surface area contributed by atoms with Gasteiger partial charge >= 0.3 is 0 Å². The summed E-state index contributed by atoms with van der Waals surface area (Å²) >= 11 is 0. The zero-order valence-corrected chi connectivity index (χ0v) is 18.5. The number of hydrogen-bond donors (Lipinski definition) is 2. The van der Waals surface area contributed by atoms with E-state index in [-0.39, 0.29) is 17.6 Å². The zero-order chi connectivity index (χ0) is 21.2. The summed E-state index contributed by atoms with van der Waals surface area (Å²) in [7, 11) is 0. The lowest BCUT2D eigenvalue weighted by molar-refractivity contribution is -0.0649. The molecule has 6 rings (SSSR count). The van der Waals surface area contributed by atoms with E-state index in [9.17, 15) is 5.11 Å². The number of aliphatic hydroxyl groups is 1. The van der Waals surface area contributed by atoms with Gasteiger partial charge in [0.1, 0.15) is 0 Å². The van der Waals surface area contributed by atoms with Gasteiger partial charge in [0, 0.05) is 29.7 Å². The molecule has 3 unspecified atom stereocenters. The molecule has 3 heteroatoms. The van der Waals surface area contributed by atoms with Crippen LogP contribution < -0.4 is 0 Å². The number of hydrogen-bond acceptors (Lipinski definition) is 2. The van der Waals surface area contributed by atoms with Gasteiger partial charge < -0.3 is 10.1 Å². The van der Waals surface area contributed by atoms with Gasteiger partial charge in [-0.25, -0.2) is 0 Å². The Bertz CT molecular complexity index is 1150. The van der Waals surface area contributed by atoms with Crippen LogP contribution >= 0.6 is 0 Å². The lowest BCUT2D eigenvalue weighted by Crippen LogP contribution is -2.59. The molecule has 3 heterocycles. The molecule has 1 aromatic heterocycles. The number of aliphatic hydroxyl groups excluding tert-OH is 1. The van der Waals surface area contributed by atoms with E-state index in [0.29, 0.717) is 11.8 Å². The predicted molar refractivity (Wildman–Crippen MR) is 127 cm³/mol. The van der Waals surface area contributed by atoms with Gasteiger partial charge in [-0.05, 0) is 66.7 Å². The average Bonchev–Trinajstić information content (AvgIpc) is 3.17. The van der Waals surface area contributed by atoms with Gasteiger partial charge in [-0.15, -0.1) is 0 Å². The summed E-state index contributed by atoms with van der Waals surface area (Å²) < 4.78 is 0.